The van der Waals surface area contributed by atoms with Crippen LogP contribution in [0.4, 0.5) is 0 Å². The zero-order valence-electron chi connectivity index (χ0n) is 12.8. The second-order valence-corrected chi connectivity index (χ2v) is 6.30. The Morgan fingerprint density at radius 2 is 2.14 bits per heavy atom. The molecule has 0 aliphatic carbocycles. The van der Waals surface area contributed by atoms with E-state index in [2.05, 4.69) is 15.2 Å². The molecule has 0 aliphatic rings. The summed E-state index contributed by atoms with van der Waals surface area (Å²) in [6.45, 7) is 0. The normalized spacial score (nSPS) is 10.7. The van der Waals surface area contributed by atoms with Crippen LogP contribution in [-0.2, 0) is 7.05 Å². The van der Waals surface area contributed by atoms with Gasteiger partial charge in [0.2, 0.25) is 0 Å². The fraction of sp³-hybridized carbons (Fsp3) is 0.429. The molecule has 8 heteroatoms. The van der Waals surface area contributed by atoms with E-state index in [4.69, 9.17) is 11.6 Å². The van der Waals surface area contributed by atoms with Gasteiger partial charge in [-0.15, -0.1) is 21.8 Å². The molecule has 0 aromatic carbocycles. The number of thioether (sulfide) groups is 1. The van der Waals surface area contributed by atoms with E-state index in [9.17, 15) is 4.79 Å². The van der Waals surface area contributed by atoms with Crippen molar-refractivity contribution in [1.82, 2.24) is 24.6 Å². The highest BCUT2D eigenvalue weighted by Crippen LogP contribution is 2.22. The molecular weight excluding hydrogens is 322 g/mol. The Balaban J connectivity index is 2.25. The predicted molar refractivity (Wildman–Crippen MR) is 88.3 cm³/mol. The lowest BCUT2D eigenvalue weighted by molar-refractivity contribution is 0.0822. The van der Waals surface area contributed by atoms with E-state index in [1.54, 1.807) is 38.0 Å². The largest absolute Gasteiger partial charge is 0.343 e. The van der Waals surface area contributed by atoms with Crippen molar-refractivity contribution in [1.29, 1.82) is 0 Å². The first-order valence-electron chi connectivity index (χ1n) is 6.82. The molecule has 0 fully saturated rings. The number of pyridine rings is 1. The number of aromatic nitrogens is 4. The molecule has 0 radical (unpaired) electrons. The lowest BCUT2D eigenvalue weighted by Gasteiger charge is -2.10. The number of carbonyl (C=O) groups excluding carboxylic acids is 1. The number of hydrogen-bond acceptors (Lipinski definition) is 5. The maximum Gasteiger partial charge on any atom is 0.271 e. The van der Waals surface area contributed by atoms with Gasteiger partial charge in [-0.1, -0.05) is 17.8 Å². The van der Waals surface area contributed by atoms with Crippen LogP contribution in [0.25, 0.3) is 11.5 Å². The number of amides is 1. The van der Waals surface area contributed by atoms with Crippen molar-refractivity contribution < 1.29 is 4.79 Å². The molecule has 2 aromatic heterocycles. The van der Waals surface area contributed by atoms with Crippen LogP contribution in [0.15, 0.2) is 23.4 Å². The lowest BCUT2D eigenvalue weighted by atomic mass is 10.2. The van der Waals surface area contributed by atoms with E-state index in [1.165, 1.54) is 4.90 Å². The Labute approximate surface area is 138 Å². The van der Waals surface area contributed by atoms with Crippen molar-refractivity contribution in [3.8, 4) is 11.5 Å². The van der Waals surface area contributed by atoms with Gasteiger partial charge < -0.3 is 9.47 Å². The van der Waals surface area contributed by atoms with E-state index in [0.29, 0.717) is 23.1 Å². The summed E-state index contributed by atoms with van der Waals surface area (Å²) in [6.07, 6.45) is 0.916. The van der Waals surface area contributed by atoms with Gasteiger partial charge in [0, 0.05) is 32.8 Å². The second kappa shape index (κ2) is 7.60. The molecule has 6 nitrogen and oxygen atoms in total. The molecule has 118 valence electrons. The quantitative estimate of drug-likeness (QED) is 0.459. The number of hydrogen-bond donors (Lipinski definition) is 0. The second-order valence-electron chi connectivity index (χ2n) is 4.86. The standard InChI is InChI=1S/C14H18ClN5OS/c1-19(2)13(21)11-7-4-6-10(16-11)12-17-18-14(20(12)3)22-9-5-8-15/h4,6-7H,5,8-9H2,1-3H3. The number of rotatable bonds is 6. The van der Waals surface area contributed by atoms with Gasteiger partial charge in [-0.3, -0.25) is 4.79 Å². The van der Waals surface area contributed by atoms with Gasteiger partial charge in [0.15, 0.2) is 11.0 Å². The Morgan fingerprint density at radius 3 is 2.82 bits per heavy atom. The topological polar surface area (TPSA) is 63.9 Å². The summed E-state index contributed by atoms with van der Waals surface area (Å²) in [6, 6.07) is 5.32. The smallest absolute Gasteiger partial charge is 0.271 e. The first-order valence-corrected chi connectivity index (χ1v) is 8.34. The van der Waals surface area contributed by atoms with Crippen LogP contribution in [0.2, 0.25) is 0 Å². The van der Waals surface area contributed by atoms with Gasteiger partial charge in [-0.2, -0.15) is 0 Å². The third-order valence-corrected chi connectivity index (χ3v) is 4.32. The van der Waals surface area contributed by atoms with Crippen LogP contribution in [0.1, 0.15) is 16.9 Å². The molecule has 2 heterocycles. The highest BCUT2D eigenvalue weighted by atomic mass is 35.5. The Hall–Kier alpha value is -1.60. The van der Waals surface area contributed by atoms with Crippen LogP contribution in [-0.4, -0.2) is 56.3 Å². The Bertz CT molecular complexity index is 658. The van der Waals surface area contributed by atoms with Crippen molar-refractivity contribution in [2.24, 2.45) is 7.05 Å². The van der Waals surface area contributed by atoms with E-state index < -0.39 is 0 Å². The van der Waals surface area contributed by atoms with Crippen molar-refractivity contribution in [2.45, 2.75) is 11.6 Å². The zero-order chi connectivity index (χ0) is 16.1. The van der Waals surface area contributed by atoms with Crippen LogP contribution in [0.3, 0.4) is 0 Å². The van der Waals surface area contributed by atoms with Crippen LogP contribution in [0, 0.1) is 0 Å². The van der Waals surface area contributed by atoms with E-state index in [1.807, 2.05) is 17.7 Å². The summed E-state index contributed by atoms with van der Waals surface area (Å²) >= 11 is 7.28. The monoisotopic (exact) mass is 339 g/mol. The Kier molecular flexibility index (Phi) is 5.79. The number of nitrogens with zero attached hydrogens (tertiary/aromatic N) is 5. The zero-order valence-corrected chi connectivity index (χ0v) is 14.4. The maximum absolute atomic E-state index is 12.0. The summed E-state index contributed by atoms with van der Waals surface area (Å²) in [5.41, 5.74) is 1.02. The molecule has 22 heavy (non-hydrogen) atoms. The molecule has 0 saturated heterocycles. The first-order chi connectivity index (χ1) is 10.5. The van der Waals surface area contributed by atoms with E-state index in [0.717, 1.165) is 17.3 Å². The molecule has 0 saturated carbocycles. The summed E-state index contributed by atoms with van der Waals surface area (Å²) < 4.78 is 1.88. The molecule has 0 aliphatic heterocycles. The van der Waals surface area contributed by atoms with Crippen LogP contribution >= 0.6 is 23.4 Å². The highest BCUT2D eigenvalue weighted by molar-refractivity contribution is 7.99. The van der Waals surface area contributed by atoms with Gasteiger partial charge in [0.05, 0.1) is 0 Å². The summed E-state index contributed by atoms with van der Waals surface area (Å²) in [7, 11) is 5.29. The molecule has 0 N–H and O–H groups in total. The van der Waals surface area contributed by atoms with Crippen molar-refractivity contribution in [3.05, 3.63) is 23.9 Å². The molecule has 1 amide bonds. The average molecular weight is 340 g/mol. The highest BCUT2D eigenvalue weighted by Gasteiger charge is 2.15. The lowest BCUT2D eigenvalue weighted by Crippen LogP contribution is -2.22. The molecule has 0 unspecified atom stereocenters. The fourth-order valence-electron chi connectivity index (χ4n) is 1.79. The molecule has 0 bridgehead atoms. The van der Waals surface area contributed by atoms with Crippen molar-refractivity contribution in [3.63, 3.8) is 0 Å². The van der Waals surface area contributed by atoms with Crippen LogP contribution in [0.5, 0.6) is 0 Å². The van der Waals surface area contributed by atoms with Crippen LogP contribution < -0.4 is 0 Å². The predicted octanol–water partition coefficient (Wildman–Crippen LogP) is 2.30. The number of halogens is 1. The minimum atomic E-state index is -0.138. The minimum absolute atomic E-state index is 0.138. The van der Waals surface area contributed by atoms with Gasteiger partial charge in [-0.05, 0) is 18.6 Å². The van der Waals surface area contributed by atoms with E-state index >= 15 is 0 Å². The summed E-state index contributed by atoms with van der Waals surface area (Å²) in [4.78, 5) is 17.9. The molecule has 2 aromatic rings. The third-order valence-electron chi connectivity index (χ3n) is 2.95. The maximum atomic E-state index is 12.0. The Morgan fingerprint density at radius 1 is 1.36 bits per heavy atom. The third kappa shape index (κ3) is 3.78. The van der Waals surface area contributed by atoms with Gasteiger partial charge >= 0.3 is 0 Å². The van der Waals surface area contributed by atoms with E-state index in [-0.39, 0.29) is 5.91 Å². The van der Waals surface area contributed by atoms with Gasteiger partial charge in [-0.25, -0.2) is 4.98 Å². The molecule has 0 atom stereocenters. The molecule has 0 spiro atoms. The molecular formula is C14H18ClN5OS. The number of alkyl halides is 1. The summed E-state index contributed by atoms with van der Waals surface area (Å²) in [5.74, 6) is 2.03. The minimum Gasteiger partial charge on any atom is -0.343 e. The SMILES string of the molecule is CN(C)C(=O)c1cccc(-c2nnc(SCCCCl)n2C)n1. The van der Waals surface area contributed by atoms with Crippen molar-refractivity contribution in [2.75, 3.05) is 25.7 Å². The first kappa shape index (κ1) is 16.8. The van der Waals surface area contributed by atoms with Crippen molar-refractivity contribution >= 4 is 29.3 Å². The number of carbonyl (C=O) groups is 1. The van der Waals surface area contributed by atoms with Gasteiger partial charge in [0.1, 0.15) is 11.4 Å². The summed E-state index contributed by atoms with van der Waals surface area (Å²) in [5, 5.41) is 9.16. The fourth-order valence-corrected chi connectivity index (χ4v) is 2.93. The molecule has 2 rings (SSSR count). The van der Waals surface area contributed by atoms with Gasteiger partial charge in [0.25, 0.3) is 5.91 Å². The average Bonchev–Trinajstić information content (AvgIpc) is 2.88.